The van der Waals surface area contributed by atoms with Gasteiger partial charge in [-0.1, -0.05) is 12.1 Å². The molecule has 8 heteroatoms. The molecule has 1 heterocycles. The molecule has 0 saturated carbocycles. The molecular weight excluding hydrogens is 300 g/mol. The van der Waals surface area contributed by atoms with Crippen molar-refractivity contribution in [2.24, 2.45) is 0 Å². The number of hydrogen-bond donors (Lipinski definition) is 0. The fraction of sp³-hybridized carbons (Fsp3) is 0.267. The zero-order valence-corrected chi connectivity index (χ0v) is 12.6. The van der Waals surface area contributed by atoms with Gasteiger partial charge in [0.25, 0.3) is 0 Å². The van der Waals surface area contributed by atoms with E-state index in [2.05, 4.69) is 5.10 Å². The van der Waals surface area contributed by atoms with E-state index in [-0.39, 0.29) is 24.5 Å². The van der Waals surface area contributed by atoms with Gasteiger partial charge < -0.3 is 4.74 Å². The minimum atomic E-state index is -0.562. The largest absolute Gasteiger partial charge is 0.459 e. The van der Waals surface area contributed by atoms with Crippen molar-refractivity contribution < 1.29 is 14.5 Å². The molecule has 0 atom stereocenters. The predicted molar refractivity (Wildman–Crippen MR) is 79.3 cm³/mol. The van der Waals surface area contributed by atoms with E-state index in [0.29, 0.717) is 16.8 Å². The van der Waals surface area contributed by atoms with Crippen LogP contribution < -0.4 is 0 Å². The smallest absolute Gasteiger partial charge is 0.328 e. The minimum absolute atomic E-state index is 0.0236. The van der Waals surface area contributed by atoms with E-state index in [1.165, 1.54) is 18.5 Å². The third-order valence-electron chi connectivity index (χ3n) is 3.26. The lowest BCUT2D eigenvalue weighted by Crippen LogP contribution is -2.15. The molecule has 0 fully saturated rings. The summed E-state index contributed by atoms with van der Waals surface area (Å²) >= 11 is 0. The maximum absolute atomic E-state index is 11.9. The van der Waals surface area contributed by atoms with E-state index in [1.54, 1.807) is 24.3 Å². The second-order valence-electron chi connectivity index (χ2n) is 4.91. The van der Waals surface area contributed by atoms with Crippen LogP contribution in [0.3, 0.4) is 0 Å². The second kappa shape index (κ2) is 6.70. The number of hydrogen-bond acceptors (Lipinski definition) is 6. The van der Waals surface area contributed by atoms with E-state index in [9.17, 15) is 14.9 Å². The minimum Gasteiger partial charge on any atom is -0.459 e. The average molecular weight is 314 g/mol. The summed E-state index contributed by atoms with van der Waals surface area (Å²) in [6.07, 6.45) is 0. The van der Waals surface area contributed by atoms with Crippen LogP contribution in [0.15, 0.2) is 24.3 Å². The van der Waals surface area contributed by atoms with Gasteiger partial charge in [-0.15, -0.1) is 0 Å². The van der Waals surface area contributed by atoms with E-state index < -0.39 is 10.9 Å². The second-order valence-corrected chi connectivity index (χ2v) is 4.91. The number of aromatic nitrogens is 2. The fourth-order valence-electron chi connectivity index (χ4n) is 2.17. The van der Waals surface area contributed by atoms with Crippen molar-refractivity contribution in [2.45, 2.75) is 27.0 Å². The third kappa shape index (κ3) is 3.71. The number of nitrogens with zero attached hydrogens (tertiary/aromatic N) is 4. The standard InChI is InChI=1S/C15H14N4O4/c1-10-15(19(21)22)11(2)18(17-10)8-14(20)23-9-13-5-3-4-12(6-13)7-16/h3-6H,8-9H2,1-2H3. The Morgan fingerprint density at radius 3 is 2.83 bits per heavy atom. The van der Waals surface area contributed by atoms with Gasteiger partial charge in [-0.25, -0.2) is 0 Å². The van der Waals surface area contributed by atoms with Crippen LogP contribution in [0, 0.1) is 35.3 Å². The molecule has 1 aromatic heterocycles. The molecule has 0 saturated heterocycles. The Morgan fingerprint density at radius 1 is 1.48 bits per heavy atom. The van der Waals surface area contributed by atoms with Gasteiger partial charge in [-0.2, -0.15) is 10.4 Å². The third-order valence-corrected chi connectivity index (χ3v) is 3.26. The lowest BCUT2D eigenvalue weighted by atomic mass is 10.1. The van der Waals surface area contributed by atoms with Crippen molar-refractivity contribution in [3.8, 4) is 6.07 Å². The summed E-state index contributed by atoms with van der Waals surface area (Å²) in [6.45, 7) is 2.86. The van der Waals surface area contributed by atoms with Gasteiger partial charge in [-0.05, 0) is 31.5 Å². The van der Waals surface area contributed by atoms with E-state index in [1.807, 2.05) is 6.07 Å². The number of rotatable bonds is 5. The summed E-state index contributed by atoms with van der Waals surface area (Å²) in [5, 5.41) is 23.7. The van der Waals surface area contributed by atoms with Gasteiger partial charge >= 0.3 is 11.7 Å². The lowest BCUT2D eigenvalue weighted by molar-refractivity contribution is -0.386. The first-order chi connectivity index (χ1) is 10.9. The van der Waals surface area contributed by atoms with Gasteiger partial charge in [0.2, 0.25) is 0 Å². The average Bonchev–Trinajstić information content (AvgIpc) is 2.79. The number of carbonyl (C=O) groups excluding carboxylic acids is 1. The molecule has 23 heavy (non-hydrogen) atoms. The molecule has 2 aromatic rings. The van der Waals surface area contributed by atoms with E-state index >= 15 is 0 Å². The van der Waals surface area contributed by atoms with Crippen LogP contribution in [-0.2, 0) is 22.7 Å². The molecule has 2 rings (SSSR count). The Hall–Kier alpha value is -3.21. The normalized spacial score (nSPS) is 10.1. The highest BCUT2D eigenvalue weighted by molar-refractivity contribution is 5.69. The SMILES string of the molecule is Cc1nn(CC(=O)OCc2cccc(C#N)c2)c(C)c1[N+](=O)[O-]. The summed E-state index contributed by atoms with van der Waals surface area (Å²) in [7, 11) is 0. The highest BCUT2D eigenvalue weighted by Gasteiger charge is 2.23. The molecule has 1 aromatic carbocycles. The van der Waals surface area contributed by atoms with Crippen LogP contribution in [0.1, 0.15) is 22.5 Å². The predicted octanol–water partition coefficient (Wildman–Crippen LogP) is 2.02. The first-order valence-corrected chi connectivity index (χ1v) is 6.75. The quantitative estimate of drug-likeness (QED) is 0.474. The van der Waals surface area contributed by atoms with Crippen molar-refractivity contribution in [1.82, 2.24) is 9.78 Å². The van der Waals surface area contributed by atoms with Crippen molar-refractivity contribution in [3.63, 3.8) is 0 Å². The Kier molecular flexibility index (Phi) is 4.71. The molecule has 118 valence electrons. The molecule has 0 aliphatic heterocycles. The van der Waals surface area contributed by atoms with E-state index in [4.69, 9.17) is 10.00 Å². The molecule has 0 unspecified atom stereocenters. The molecule has 0 amide bonds. The summed E-state index contributed by atoms with van der Waals surface area (Å²) in [5.41, 5.74) is 1.63. The maximum atomic E-state index is 11.9. The topological polar surface area (TPSA) is 111 Å². The number of nitro groups is 1. The lowest BCUT2D eigenvalue weighted by Gasteiger charge is -2.06. The first-order valence-electron chi connectivity index (χ1n) is 6.75. The van der Waals surface area contributed by atoms with E-state index in [0.717, 1.165) is 0 Å². The maximum Gasteiger partial charge on any atom is 0.328 e. The Balaban J connectivity index is 2.02. The Labute approximate surface area is 132 Å². The summed E-state index contributed by atoms with van der Waals surface area (Å²) in [5.74, 6) is -0.562. The van der Waals surface area contributed by atoms with Crippen molar-refractivity contribution in [1.29, 1.82) is 5.26 Å². The first kappa shape index (κ1) is 16.2. The number of nitriles is 1. The Bertz CT molecular complexity index is 804. The van der Waals surface area contributed by atoms with Crippen LogP contribution in [0.2, 0.25) is 0 Å². The highest BCUT2D eigenvalue weighted by atomic mass is 16.6. The van der Waals surface area contributed by atoms with Gasteiger partial charge in [0.05, 0.1) is 16.6 Å². The number of ether oxygens (including phenoxy) is 1. The van der Waals surface area contributed by atoms with Gasteiger partial charge in [0, 0.05) is 0 Å². The van der Waals surface area contributed by atoms with Crippen LogP contribution in [0.25, 0.3) is 0 Å². The van der Waals surface area contributed by atoms with Gasteiger partial charge in [0.1, 0.15) is 24.5 Å². The molecule has 0 N–H and O–H groups in total. The van der Waals surface area contributed by atoms with Crippen LogP contribution in [0.5, 0.6) is 0 Å². The molecule has 0 bridgehead atoms. The summed E-state index contributed by atoms with van der Waals surface area (Å²) < 4.78 is 6.37. The zero-order valence-electron chi connectivity index (χ0n) is 12.6. The molecule has 0 aliphatic carbocycles. The molecule has 0 spiro atoms. The number of aryl methyl sites for hydroxylation is 1. The molecule has 0 radical (unpaired) electrons. The zero-order chi connectivity index (χ0) is 17.0. The summed E-state index contributed by atoms with van der Waals surface area (Å²) in [6, 6.07) is 8.72. The molecule has 8 nitrogen and oxygen atoms in total. The van der Waals surface area contributed by atoms with Gasteiger partial charge in [-0.3, -0.25) is 19.6 Å². The van der Waals surface area contributed by atoms with Crippen LogP contribution in [0.4, 0.5) is 5.69 Å². The monoisotopic (exact) mass is 314 g/mol. The number of esters is 1. The highest BCUT2D eigenvalue weighted by Crippen LogP contribution is 2.21. The Morgan fingerprint density at radius 2 is 2.22 bits per heavy atom. The van der Waals surface area contributed by atoms with Crippen LogP contribution >= 0.6 is 0 Å². The van der Waals surface area contributed by atoms with Gasteiger partial charge in [0.15, 0.2) is 0 Å². The van der Waals surface area contributed by atoms with Crippen molar-refractivity contribution >= 4 is 11.7 Å². The number of carbonyl (C=O) groups is 1. The van der Waals surface area contributed by atoms with Crippen molar-refractivity contribution in [2.75, 3.05) is 0 Å². The molecule has 0 aliphatic rings. The summed E-state index contributed by atoms with van der Waals surface area (Å²) in [4.78, 5) is 22.3. The van der Waals surface area contributed by atoms with Crippen molar-refractivity contribution in [3.05, 3.63) is 56.9 Å². The number of benzene rings is 1. The van der Waals surface area contributed by atoms with Crippen LogP contribution in [-0.4, -0.2) is 20.7 Å². The fourth-order valence-corrected chi connectivity index (χ4v) is 2.17. The molecular formula is C15H14N4O4.